The van der Waals surface area contributed by atoms with Crippen LogP contribution in [0, 0.1) is 0 Å². The molecule has 4 aromatic rings. The van der Waals surface area contributed by atoms with Crippen molar-refractivity contribution in [2.75, 3.05) is 54.8 Å². The predicted molar refractivity (Wildman–Crippen MR) is 163 cm³/mol. The van der Waals surface area contributed by atoms with Gasteiger partial charge in [0.25, 0.3) is 10.0 Å². The minimum Gasteiger partial charge on any atom is -0.492 e. The van der Waals surface area contributed by atoms with E-state index in [0.717, 1.165) is 13.1 Å². The van der Waals surface area contributed by atoms with E-state index < -0.39 is 10.0 Å². The molecule has 5 rings (SSSR count). The lowest BCUT2D eigenvalue weighted by Gasteiger charge is -2.25. The van der Waals surface area contributed by atoms with E-state index in [-0.39, 0.29) is 10.8 Å². The summed E-state index contributed by atoms with van der Waals surface area (Å²) in [6, 6.07) is 18.5. The molecule has 11 nitrogen and oxygen atoms in total. The van der Waals surface area contributed by atoms with Crippen LogP contribution in [-0.2, 0) is 19.6 Å². The van der Waals surface area contributed by atoms with Gasteiger partial charge in [-0.05, 0) is 49.4 Å². The molecule has 42 heavy (non-hydrogen) atoms. The van der Waals surface area contributed by atoms with E-state index in [1.807, 2.05) is 13.0 Å². The summed E-state index contributed by atoms with van der Waals surface area (Å²) in [5, 5.41) is 6.85. The number of fused-ring (bicyclic) bond motifs is 1. The molecule has 1 amide bonds. The molecule has 1 aromatic heterocycles. The number of hydrogen-bond acceptors (Lipinski definition) is 9. The van der Waals surface area contributed by atoms with Gasteiger partial charge in [0.05, 0.1) is 35.9 Å². The average Bonchev–Trinajstić information content (AvgIpc) is 3.00. The van der Waals surface area contributed by atoms with Crippen molar-refractivity contribution in [1.82, 2.24) is 14.9 Å². The molecule has 0 spiro atoms. The second-order valence-electron chi connectivity index (χ2n) is 9.45. The largest absolute Gasteiger partial charge is 0.492 e. The van der Waals surface area contributed by atoms with Crippen molar-refractivity contribution in [3.8, 4) is 5.75 Å². The molecule has 0 atom stereocenters. The van der Waals surface area contributed by atoms with Crippen molar-refractivity contribution in [3.05, 3.63) is 85.2 Å². The number of rotatable bonds is 11. The standard InChI is InChI=1S/C30H32N6O5S/c1-2-41-28-20-26-25(19-27(28)34-29(37)9-6-14-36-15-17-40-18-16-36)30(32-21-31-26)33-22-10-12-23(13-11-22)35-42(38,39)24-7-4-3-5-8-24/h3-13,19-21,35H,2,14-18H2,1H3,(H,34,37)(H,31,32,33)/b9-6+. The molecule has 0 saturated carbocycles. The number of amides is 1. The fourth-order valence-electron chi connectivity index (χ4n) is 4.40. The number of carbonyl (C=O) groups excluding carboxylic acids is 1. The number of nitrogens with one attached hydrogen (secondary N) is 3. The van der Waals surface area contributed by atoms with E-state index in [1.165, 1.54) is 24.5 Å². The van der Waals surface area contributed by atoms with Crippen LogP contribution in [-0.4, -0.2) is 68.6 Å². The summed E-state index contributed by atoms with van der Waals surface area (Å²) in [5.74, 6) is 0.738. The van der Waals surface area contributed by atoms with Crippen molar-refractivity contribution in [3.63, 3.8) is 0 Å². The lowest BCUT2D eigenvalue weighted by molar-refractivity contribution is -0.111. The van der Waals surface area contributed by atoms with Gasteiger partial charge in [0.2, 0.25) is 5.91 Å². The van der Waals surface area contributed by atoms with Crippen LogP contribution in [0.3, 0.4) is 0 Å². The van der Waals surface area contributed by atoms with Crippen LogP contribution in [0.4, 0.5) is 22.9 Å². The molecule has 0 aliphatic carbocycles. The number of carbonyl (C=O) groups is 1. The molecule has 0 unspecified atom stereocenters. The summed E-state index contributed by atoms with van der Waals surface area (Å²) in [4.78, 5) is 23.9. The molecule has 218 valence electrons. The van der Waals surface area contributed by atoms with E-state index in [9.17, 15) is 13.2 Å². The Morgan fingerprint density at radius 3 is 2.50 bits per heavy atom. The first kappa shape index (κ1) is 29.0. The molecule has 2 heterocycles. The molecule has 1 aliphatic heterocycles. The second kappa shape index (κ2) is 13.4. The summed E-state index contributed by atoms with van der Waals surface area (Å²) in [6.45, 7) is 6.03. The number of benzene rings is 3. The summed E-state index contributed by atoms with van der Waals surface area (Å²) in [5.41, 5.74) is 2.23. The Labute approximate surface area is 244 Å². The Balaban J connectivity index is 1.32. The number of morpholine rings is 1. The molecule has 3 aromatic carbocycles. The summed E-state index contributed by atoms with van der Waals surface area (Å²) >= 11 is 0. The van der Waals surface area contributed by atoms with Crippen LogP contribution in [0.2, 0.25) is 0 Å². The SMILES string of the molecule is CCOc1cc2ncnc(Nc3ccc(NS(=O)(=O)c4ccccc4)cc3)c2cc1NC(=O)/C=C/CN1CCOCC1. The molecular formula is C30H32N6O5S. The number of nitrogens with zero attached hydrogens (tertiary/aromatic N) is 3. The van der Waals surface area contributed by atoms with Gasteiger partial charge in [0.1, 0.15) is 17.9 Å². The van der Waals surface area contributed by atoms with Gasteiger partial charge < -0.3 is 20.1 Å². The highest BCUT2D eigenvalue weighted by Gasteiger charge is 2.15. The van der Waals surface area contributed by atoms with Gasteiger partial charge in [-0.3, -0.25) is 14.4 Å². The zero-order chi connectivity index (χ0) is 29.4. The number of aromatic nitrogens is 2. The Bertz CT molecular complexity index is 1660. The van der Waals surface area contributed by atoms with Crippen LogP contribution in [0.1, 0.15) is 6.92 Å². The molecule has 12 heteroatoms. The zero-order valence-electron chi connectivity index (χ0n) is 23.1. The third kappa shape index (κ3) is 7.40. The second-order valence-corrected chi connectivity index (χ2v) is 11.1. The molecule has 1 saturated heterocycles. The molecule has 1 fully saturated rings. The Morgan fingerprint density at radius 2 is 1.76 bits per heavy atom. The van der Waals surface area contributed by atoms with Crippen molar-refractivity contribution >= 4 is 49.7 Å². The fraction of sp³-hybridized carbons (Fsp3) is 0.233. The maximum absolute atomic E-state index is 12.8. The molecular weight excluding hydrogens is 556 g/mol. The maximum atomic E-state index is 12.8. The van der Waals surface area contributed by atoms with E-state index in [0.29, 0.717) is 65.9 Å². The summed E-state index contributed by atoms with van der Waals surface area (Å²) in [6.07, 6.45) is 4.79. The van der Waals surface area contributed by atoms with E-state index in [4.69, 9.17) is 9.47 Å². The summed E-state index contributed by atoms with van der Waals surface area (Å²) < 4.78 is 39.0. The molecule has 0 radical (unpaired) electrons. The van der Waals surface area contributed by atoms with Crippen molar-refractivity contribution in [2.45, 2.75) is 11.8 Å². The summed E-state index contributed by atoms with van der Waals surface area (Å²) in [7, 11) is -3.70. The Kier molecular flexibility index (Phi) is 9.27. The van der Waals surface area contributed by atoms with Gasteiger partial charge in [0, 0.05) is 48.5 Å². The van der Waals surface area contributed by atoms with Gasteiger partial charge >= 0.3 is 0 Å². The van der Waals surface area contributed by atoms with Gasteiger partial charge in [0.15, 0.2) is 0 Å². The number of anilines is 4. The smallest absolute Gasteiger partial charge is 0.261 e. The monoisotopic (exact) mass is 588 g/mol. The van der Waals surface area contributed by atoms with Crippen LogP contribution < -0.4 is 20.1 Å². The Morgan fingerprint density at radius 1 is 1.02 bits per heavy atom. The third-order valence-corrected chi connectivity index (χ3v) is 7.88. The number of ether oxygens (including phenoxy) is 2. The highest BCUT2D eigenvalue weighted by atomic mass is 32.2. The van der Waals surface area contributed by atoms with Gasteiger partial charge in [-0.25, -0.2) is 18.4 Å². The fourth-order valence-corrected chi connectivity index (χ4v) is 5.47. The van der Waals surface area contributed by atoms with Gasteiger partial charge in [-0.2, -0.15) is 0 Å². The quantitative estimate of drug-likeness (QED) is 0.218. The number of sulfonamides is 1. The van der Waals surface area contributed by atoms with Crippen molar-refractivity contribution < 1.29 is 22.7 Å². The number of hydrogen-bond donors (Lipinski definition) is 3. The first-order chi connectivity index (χ1) is 20.4. The third-order valence-electron chi connectivity index (χ3n) is 6.48. The van der Waals surface area contributed by atoms with Crippen LogP contribution in [0.5, 0.6) is 5.75 Å². The Hall–Kier alpha value is -4.52. The maximum Gasteiger partial charge on any atom is 0.261 e. The van der Waals surface area contributed by atoms with E-state index in [2.05, 4.69) is 30.2 Å². The van der Waals surface area contributed by atoms with Crippen molar-refractivity contribution in [2.24, 2.45) is 0 Å². The average molecular weight is 589 g/mol. The van der Waals surface area contributed by atoms with Gasteiger partial charge in [-0.15, -0.1) is 0 Å². The van der Waals surface area contributed by atoms with E-state index >= 15 is 0 Å². The first-order valence-corrected chi connectivity index (χ1v) is 15.0. The predicted octanol–water partition coefficient (Wildman–Crippen LogP) is 4.40. The van der Waals surface area contributed by atoms with Crippen LogP contribution in [0.25, 0.3) is 10.9 Å². The topological polar surface area (TPSA) is 135 Å². The van der Waals surface area contributed by atoms with E-state index in [1.54, 1.807) is 54.6 Å². The molecule has 0 bridgehead atoms. The van der Waals surface area contributed by atoms with Crippen LogP contribution >= 0.6 is 0 Å². The normalized spacial score (nSPS) is 14.1. The minimum atomic E-state index is -3.70. The van der Waals surface area contributed by atoms with Crippen LogP contribution in [0.15, 0.2) is 90.1 Å². The lowest BCUT2D eigenvalue weighted by atomic mass is 10.1. The molecule has 1 aliphatic rings. The first-order valence-electron chi connectivity index (χ1n) is 13.6. The zero-order valence-corrected chi connectivity index (χ0v) is 23.9. The minimum absolute atomic E-state index is 0.182. The van der Waals surface area contributed by atoms with Gasteiger partial charge in [-0.1, -0.05) is 24.3 Å². The highest BCUT2D eigenvalue weighted by Crippen LogP contribution is 2.33. The van der Waals surface area contributed by atoms with Crippen molar-refractivity contribution in [1.29, 1.82) is 0 Å². The highest BCUT2D eigenvalue weighted by molar-refractivity contribution is 7.92. The molecule has 3 N–H and O–H groups in total. The lowest BCUT2D eigenvalue weighted by Crippen LogP contribution is -2.36.